The van der Waals surface area contributed by atoms with Gasteiger partial charge in [-0.25, -0.2) is 0 Å². The molecular weight excluding hydrogens is 437 g/mol. The van der Waals surface area contributed by atoms with Gasteiger partial charge in [0, 0.05) is 44.2 Å². The van der Waals surface area contributed by atoms with Crippen molar-refractivity contribution in [2.24, 2.45) is 11.8 Å². The Bertz CT molecular complexity index is 801. The topological polar surface area (TPSA) is 42.4 Å². The molecule has 26 heavy (non-hydrogen) atoms. The number of aliphatic hydroxyl groups excluding tert-OH is 1. The molecule has 4 rings (SSSR count). The highest BCUT2D eigenvalue weighted by atomic mass is 79.9. The molecule has 2 fully saturated rings. The van der Waals surface area contributed by atoms with Gasteiger partial charge in [0.25, 0.3) is 0 Å². The third-order valence-corrected chi connectivity index (χ3v) is 6.90. The first-order chi connectivity index (χ1) is 12.5. The molecule has 6 atom stereocenters. The first-order valence-electron chi connectivity index (χ1n) is 8.85. The van der Waals surface area contributed by atoms with Crippen LogP contribution in [0.5, 0.6) is 0 Å². The van der Waals surface area contributed by atoms with Crippen LogP contribution in [0.4, 0.5) is 0 Å². The molecule has 138 valence electrons. The Kier molecular flexibility index (Phi) is 5.32. The number of hydrogen-bond acceptors (Lipinski definition) is 3. The zero-order valence-corrected chi connectivity index (χ0v) is 17.4. The van der Waals surface area contributed by atoms with Gasteiger partial charge in [-0.05, 0) is 71.4 Å². The van der Waals surface area contributed by atoms with E-state index in [1.807, 2.05) is 31.3 Å². The summed E-state index contributed by atoms with van der Waals surface area (Å²) < 4.78 is 6.73. The second-order valence-corrected chi connectivity index (χ2v) is 9.01. The standard InChI is InChI=1S/C20H20BrCl2NO2/c1-10-18-15(20(25)26-10)6-5-14(13-4-3-12(22)8-16(13)23)19(18)17-7-2-11(21)9-24-17/h2-4,7-10,14-15,18-20,25H,5-6H2,1H3/t10-,14+,15-,18-,19-,20+/m1/s1. The maximum atomic E-state index is 10.4. The summed E-state index contributed by atoms with van der Waals surface area (Å²) in [4.78, 5) is 4.69. The highest BCUT2D eigenvalue weighted by Gasteiger charge is 2.51. The number of ether oxygens (including phenoxy) is 1. The van der Waals surface area contributed by atoms with Crippen molar-refractivity contribution in [2.45, 2.75) is 44.0 Å². The molecule has 3 nitrogen and oxygen atoms in total. The number of aromatic nitrogens is 1. The fourth-order valence-electron chi connectivity index (χ4n) is 4.80. The van der Waals surface area contributed by atoms with Gasteiger partial charge in [-0.3, -0.25) is 4.98 Å². The van der Waals surface area contributed by atoms with E-state index in [4.69, 9.17) is 32.9 Å². The Balaban J connectivity index is 1.80. The van der Waals surface area contributed by atoms with E-state index in [1.54, 1.807) is 6.07 Å². The molecule has 0 unspecified atom stereocenters. The van der Waals surface area contributed by atoms with Crippen molar-refractivity contribution in [3.63, 3.8) is 0 Å². The number of benzene rings is 1. The van der Waals surface area contributed by atoms with Gasteiger partial charge in [-0.1, -0.05) is 29.3 Å². The second kappa shape index (κ2) is 7.40. The van der Waals surface area contributed by atoms with Crippen LogP contribution in [0.1, 0.15) is 42.9 Å². The van der Waals surface area contributed by atoms with Crippen LogP contribution >= 0.6 is 39.1 Å². The number of nitrogens with zero attached hydrogens (tertiary/aromatic N) is 1. The van der Waals surface area contributed by atoms with Gasteiger partial charge in [-0.15, -0.1) is 0 Å². The molecular formula is C20H20BrCl2NO2. The predicted molar refractivity (Wildman–Crippen MR) is 107 cm³/mol. The molecule has 1 saturated heterocycles. The van der Waals surface area contributed by atoms with E-state index in [0.29, 0.717) is 10.0 Å². The number of aliphatic hydroxyl groups is 1. The molecule has 2 heterocycles. The minimum absolute atomic E-state index is 0.0284. The van der Waals surface area contributed by atoms with Gasteiger partial charge in [0.15, 0.2) is 6.29 Å². The van der Waals surface area contributed by atoms with Gasteiger partial charge in [0.1, 0.15) is 0 Å². The van der Waals surface area contributed by atoms with E-state index in [2.05, 4.69) is 22.0 Å². The summed E-state index contributed by atoms with van der Waals surface area (Å²) in [6.45, 7) is 2.05. The SMILES string of the molecule is C[C@H]1O[C@H](O)[C@@H]2CC[C@@H](c3ccc(Cl)cc3Cl)[C@H](c3ccc(Br)cn3)[C@@H]21. The van der Waals surface area contributed by atoms with Crippen molar-refractivity contribution in [2.75, 3.05) is 0 Å². The van der Waals surface area contributed by atoms with Crippen LogP contribution in [0, 0.1) is 11.8 Å². The molecule has 1 aromatic carbocycles. The Hall–Kier alpha value is -0.650. The number of rotatable bonds is 2. The summed E-state index contributed by atoms with van der Waals surface area (Å²) in [5.74, 6) is 0.672. The largest absolute Gasteiger partial charge is 0.368 e. The third kappa shape index (κ3) is 3.31. The average molecular weight is 457 g/mol. The van der Waals surface area contributed by atoms with Crippen LogP contribution in [-0.4, -0.2) is 22.5 Å². The Morgan fingerprint density at radius 3 is 2.69 bits per heavy atom. The summed E-state index contributed by atoms with van der Waals surface area (Å²) in [5, 5.41) is 11.7. The fraction of sp³-hybridized carbons (Fsp3) is 0.450. The molecule has 1 aliphatic carbocycles. The molecule has 2 aliphatic rings. The molecule has 0 amide bonds. The van der Waals surface area contributed by atoms with E-state index < -0.39 is 6.29 Å². The van der Waals surface area contributed by atoms with E-state index in [0.717, 1.165) is 28.6 Å². The van der Waals surface area contributed by atoms with E-state index in [1.165, 1.54) is 0 Å². The van der Waals surface area contributed by atoms with Crippen molar-refractivity contribution >= 4 is 39.1 Å². The Morgan fingerprint density at radius 2 is 2.00 bits per heavy atom. The first-order valence-corrected chi connectivity index (χ1v) is 10.4. The maximum Gasteiger partial charge on any atom is 0.158 e. The Morgan fingerprint density at radius 1 is 1.19 bits per heavy atom. The predicted octanol–water partition coefficient (Wildman–Crippen LogP) is 5.78. The average Bonchev–Trinajstić information content (AvgIpc) is 2.90. The monoisotopic (exact) mass is 455 g/mol. The van der Waals surface area contributed by atoms with Crippen molar-refractivity contribution in [1.29, 1.82) is 0 Å². The number of halogens is 3. The van der Waals surface area contributed by atoms with Crippen LogP contribution in [0.3, 0.4) is 0 Å². The summed E-state index contributed by atoms with van der Waals surface area (Å²) >= 11 is 16.1. The lowest BCUT2D eigenvalue weighted by atomic mass is 9.62. The third-order valence-electron chi connectivity index (χ3n) is 5.87. The van der Waals surface area contributed by atoms with E-state index in [-0.39, 0.29) is 29.8 Å². The van der Waals surface area contributed by atoms with Crippen LogP contribution in [0.2, 0.25) is 10.0 Å². The van der Waals surface area contributed by atoms with Crippen LogP contribution in [-0.2, 0) is 4.74 Å². The summed E-state index contributed by atoms with van der Waals surface area (Å²) in [6, 6.07) is 9.80. The van der Waals surface area contributed by atoms with Crippen molar-refractivity contribution in [1.82, 2.24) is 4.98 Å². The minimum Gasteiger partial charge on any atom is -0.368 e. The fourth-order valence-corrected chi connectivity index (χ4v) is 5.58. The van der Waals surface area contributed by atoms with Crippen molar-refractivity contribution < 1.29 is 9.84 Å². The highest BCUT2D eigenvalue weighted by molar-refractivity contribution is 9.10. The van der Waals surface area contributed by atoms with E-state index in [9.17, 15) is 5.11 Å². The second-order valence-electron chi connectivity index (χ2n) is 7.25. The molecule has 0 bridgehead atoms. The van der Waals surface area contributed by atoms with Crippen molar-refractivity contribution in [3.05, 3.63) is 62.3 Å². The van der Waals surface area contributed by atoms with Crippen molar-refractivity contribution in [3.8, 4) is 0 Å². The van der Waals surface area contributed by atoms with Gasteiger partial charge in [0.05, 0.1) is 6.10 Å². The van der Waals surface area contributed by atoms with Gasteiger partial charge >= 0.3 is 0 Å². The summed E-state index contributed by atoms with van der Waals surface area (Å²) in [5.41, 5.74) is 2.11. The number of fused-ring (bicyclic) bond motifs is 1. The van der Waals surface area contributed by atoms with Gasteiger partial charge < -0.3 is 9.84 Å². The molecule has 1 N–H and O–H groups in total. The lowest BCUT2D eigenvalue weighted by molar-refractivity contribution is -0.104. The Labute approximate surface area is 171 Å². The molecule has 1 saturated carbocycles. The molecule has 0 radical (unpaired) electrons. The van der Waals surface area contributed by atoms with E-state index >= 15 is 0 Å². The maximum absolute atomic E-state index is 10.4. The normalized spacial score (nSPS) is 33.9. The van der Waals surface area contributed by atoms with Crippen LogP contribution < -0.4 is 0 Å². The lowest BCUT2D eigenvalue weighted by Gasteiger charge is -2.41. The highest BCUT2D eigenvalue weighted by Crippen LogP contribution is 2.55. The van der Waals surface area contributed by atoms with Gasteiger partial charge in [-0.2, -0.15) is 0 Å². The molecule has 1 aromatic heterocycles. The molecule has 2 aromatic rings. The smallest absolute Gasteiger partial charge is 0.158 e. The quantitative estimate of drug-likeness (QED) is 0.622. The molecule has 0 spiro atoms. The lowest BCUT2D eigenvalue weighted by Crippen LogP contribution is -2.36. The van der Waals surface area contributed by atoms with Gasteiger partial charge in [0.2, 0.25) is 0 Å². The molecule has 1 aliphatic heterocycles. The minimum atomic E-state index is -0.699. The number of pyridine rings is 1. The summed E-state index contributed by atoms with van der Waals surface area (Å²) in [7, 11) is 0. The zero-order valence-electron chi connectivity index (χ0n) is 14.3. The number of hydrogen-bond donors (Lipinski definition) is 1. The first kappa shape index (κ1) is 18.7. The van der Waals surface area contributed by atoms with Crippen LogP contribution in [0.15, 0.2) is 41.0 Å². The molecule has 6 heteroatoms. The summed E-state index contributed by atoms with van der Waals surface area (Å²) in [6.07, 6.45) is 2.94. The zero-order chi connectivity index (χ0) is 18.4. The van der Waals surface area contributed by atoms with Crippen LogP contribution in [0.25, 0.3) is 0 Å².